The number of amides is 2. The average Bonchev–Trinajstić information content (AvgIpc) is 3.75. The lowest BCUT2D eigenvalue weighted by Gasteiger charge is -2.25. The monoisotopic (exact) mass is 514 g/mol. The van der Waals surface area contributed by atoms with Crippen molar-refractivity contribution in [3.05, 3.63) is 44.7 Å². The minimum absolute atomic E-state index is 0.0155. The molecule has 9 nitrogen and oxygen atoms in total. The van der Waals surface area contributed by atoms with Crippen LogP contribution in [0.1, 0.15) is 52.9 Å². The van der Waals surface area contributed by atoms with E-state index >= 15 is 0 Å². The first-order valence-electron chi connectivity index (χ1n) is 12.1. The number of thiocarbonyl (C=S) groups is 1. The summed E-state index contributed by atoms with van der Waals surface area (Å²) in [6, 6.07) is 3.31. The number of hydrazine groups is 1. The Morgan fingerprint density at radius 1 is 1.20 bits per heavy atom. The van der Waals surface area contributed by atoms with Crippen molar-refractivity contribution in [3.8, 4) is 0 Å². The van der Waals surface area contributed by atoms with Gasteiger partial charge in [0.25, 0.3) is 11.5 Å². The Balaban J connectivity index is 1.25. The van der Waals surface area contributed by atoms with Gasteiger partial charge in [0, 0.05) is 42.7 Å². The fourth-order valence-corrected chi connectivity index (χ4v) is 5.68. The quantitative estimate of drug-likeness (QED) is 0.271. The van der Waals surface area contributed by atoms with Crippen LogP contribution >= 0.6 is 23.6 Å². The molecule has 2 fully saturated rings. The molecule has 2 heterocycles. The largest absolute Gasteiger partial charge is 0.358 e. The highest BCUT2D eigenvalue weighted by Gasteiger charge is 2.34. The van der Waals surface area contributed by atoms with Crippen molar-refractivity contribution < 1.29 is 9.59 Å². The highest BCUT2D eigenvalue weighted by atomic mass is 32.1. The van der Waals surface area contributed by atoms with Gasteiger partial charge in [0.2, 0.25) is 5.91 Å². The topological polar surface area (TPSA) is 116 Å². The van der Waals surface area contributed by atoms with Crippen molar-refractivity contribution in [2.75, 3.05) is 17.3 Å². The molecule has 0 bridgehead atoms. The molecule has 35 heavy (non-hydrogen) atoms. The smallest absolute Gasteiger partial charge is 0.254 e. The number of fused-ring (bicyclic) bond motifs is 1. The molecule has 3 aliphatic carbocycles. The Morgan fingerprint density at radius 3 is 2.71 bits per heavy atom. The van der Waals surface area contributed by atoms with Crippen molar-refractivity contribution in [2.24, 2.45) is 18.9 Å². The molecule has 5 rings (SSSR count). The molecule has 0 radical (unpaired) electrons. The van der Waals surface area contributed by atoms with Crippen LogP contribution in [0.2, 0.25) is 0 Å². The average molecular weight is 515 g/mol. The van der Waals surface area contributed by atoms with Gasteiger partial charge < -0.3 is 20.5 Å². The molecular formula is C24H30N6O3S2. The summed E-state index contributed by atoms with van der Waals surface area (Å²) < 4.78 is 1.49. The van der Waals surface area contributed by atoms with Gasteiger partial charge in [0.05, 0.1) is 11.3 Å². The fraction of sp³-hybridized carbons (Fsp3) is 0.500. The lowest BCUT2D eigenvalue weighted by atomic mass is 9.91. The number of anilines is 2. The molecule has 0 aliphatic heterocycles. The van der Waals surface area contributed by atoms with E-state index in [1.54, 1.807) is 19.3 Å². The molecule has 0 unspecified atom stereocenters. The van der Waals surface area contributed by atoms with Gasteiger partial charge in [-0.15, -0.1) is 11.3 Å². The summed E-state index contributed by atoms with van der Waals surface area (Å²) in [7, 11) is 1.69. The molecule has 2 saturated carbocycles. The van der Waals surface area contributed by atoms with Crippen molar-refractivity contribution in [1.82, 2.24) is 20.6 Å². The van der Waals surface area contributed by atoms with E-state index < -0.39 is 0 Å². The number of nitrogens with one attached hydrogen (secondary N) is 5. The molecule has 2 amide bonds. The van der Waals surface area contributed by atoms with Crippen LogP contribution in [0.25, 0.3) is 0 Å². The maximum Gasteiger partial charge on any atom is 0.254 e. The van der Waals surface area contributed by atoms with Crippen LogP contribution in [0, 0.1) is 11.8 Å². The van der Waals surface area contributed by atoms with Gasteiger partial charge in [-0.2, -0.15) is 0 Å². The lowest BCUT2D eigenvalue weighted by molar-refractivity contribution is -0.117. The molecule has 0 spiro atoms. The number of hydrogen-bond acceptors (Lipinski definition) is 6. The second kappa shape index (κ2) is 9.98. The second-order valence-electron chi connectivity index (χ2n) is 9.65. The number of pyridine rings is 1. The predicted octanol–water partition coefficient (Wildman–Crippen LogP) is 2.28. The number of rotatable bonds is 8. The summed E-state index contributed by atoms with van der Waals surface area (Å²) in [6.45, 7) is 0.684. The zero-order valence-corrected chi connectivity index (χ0v) is 21.2. The van der Waals surface area contributed by atoms with Crippen molar-refractivity contribution in [2.45, 2.75) is 51.0 Å². The first kappa shape index (κ1) is 23.8. The number of carbonyl (C=O) groups is 2. The summed E-state index contributed by atoms with van der Waals surface area (Å²) in [5, 5.41) is 10.5. The zero-order valence-electron chi connectivity index (χ0n) is 19.6. The highest BCUT2D eigenvalue weighted by Crippen LogP contribution is 2.40. The number of nitrogens with zero attached hydrogens (tertiary/aromatic N) is 1. The number of aromatic nitrogens is 1. The van der Waals surface area contributed by atoms with Gasteiger partial charge in [-0.05, 0) is 74.7 Å². The van der Waals surface area contributed by atoms with Crippen molar-refractivity contribution >= 4 is 51.2 Å². The van der Waals surface area contributed by atoms with Crippen LogP contribution in [0.5, 0.6) is 0 Å². The Labute approximate surface area is 213 Å². The molecule has 186 valence electrons. The number of carbonyl (C=O) groups excluding carboxylic acids is 2. The molecular weight excluding hydrogens is 484 g/mol. The van der Waals surface area contributed by atoms with Crippen LogP contribution in [-0.4, -0.2) is 34.1 Å². The van der Waals surface area contributed by atoms with Gasteiger partial charge in [0.15, 0.2) is 5.11 Å². The maximum atomic E-state index is 13.2. The highest BCUT2D eigenvalue weighted by molar-refractivity contribution is 7.80. The molecule has 0 aromatic carbocycles. The third-order valence-electron chi connectivity index (χ3n) is 6.68. The summed E-state index contributed by atoms with van der Waals surface area (Å²) in [6.07, 6.45) is 8.16. The zero-order chi connectivity index (χ0) is 24.5. The first-order chi connectivity index (χ1) is 16.9. The van der Waals surface area contributed by atoms with Crippen LogP contribution in [-0.2, 0) is 24.7 Å². The van der Waals surface area contributed by atoms with Gasteiger partial charge in [-0.25, -0.2) is 0 Å². The third kappa shape index (κ3) is 5.84. The minimum atomic E-state index is -0.120. The van der Waals surface area contributed by atoms with Gasteiger partial charge >= 0.3 is 0 Å². The molecule has 11 heteroatoms. The van der Waals surface area contributed by atoms with Gasteiger partial charge in [-0.3, -0.25) is 25.2 Å². The number of thiophene rings is 1. The van der Waals surface area contributed by atoms with Gasteiger partial charge in [0.1, 0.15) is 5.00 Å². The standard InChI is InChI=1S/C24H30N6O3S2/c1-30-9-8-16(11-19(30)31)28-29-24(34)26-15-6-7-18-17(10-15)20(22(33)25-12-13-2-3-13)23(35-18)27-21(32)14-4-5-14/h8-9,11,13-15,28H,2-7,10,12H2,1H3,(H,25,33)(H,27,32)(H2,26,29,34)/t15-/m0/s1. The van der Waals surface area contributed by atoms with Gasteiger partial charge in [-0.1, -0.05) is 0 Å². The normalized spacial score (nSPS) is 18.8. The Kier molecular flexibility index (Phi) is 6.79. The summed E-state index contributed by atoms with van der Waals surface area (Å²) >= 11 is 6.98. The SMILES string of the molecule is Cn1ccc(NNC(=S)N[C@H]2CCc3sc(NC(=O)C4CC4)c(C(=O)NCC4CC4)c3C2)cc1=O. The molecule has 1 atom stereocenters. The van der Waals surface area contributed by atoms with Crippen LogP contribution in [0.4, 0.5) is 10.7 Å². The van der Waals surface area contributed by atoms with E-state index in [0.29, 0.717) is 40.2 Å². The molecule has 0 saturated heterocycles. The molecule has 3 aliphatic rings. The van der Waals surface area contributed by atoms with E-state index in [0.717, 1.165) is 49.0 Å². The molecule has 2 aromatic rings. The van der Waals surface area contributed by atoms with E-state index in [1.807, 2.05) is 0 Å². The predicted molar refractivity (Wildman–Crippen MR) is 141 cm³/mol. The van der Waals surface area contributed by atoms with E-state index in [2.05, 4.69) is 26.8 Å². The van der Waals surface area contributed by atoms with E-state index in [-0.39, 0.29) is 29.3 Å². The van der Waals surface area contributed by atoms with E-state index in [9.17, 15) is 14.4 Å². The Morgan fingerprint density at radius 2 is 2.00 bits per heavy atom. The first-order valence-corrected chi connectivity index (χ1v) is 13.3. The second-order valence-corrected chi connectivity index (χ2v) is 11.2. The maximum absolute atomic E-state index is 13.2. The fourth-order valence-electron chi connectivity index (χ4n) is 4.22. The summed E-state index contributed by atoms with van der Waals surface area (Å²) in [5.41, 5.74) is 7.99. The minimum Gasteiger partial charge on any atom is -0.358 e. The van der Waals surface area contributed by atoms with Crippen molar-refractivity contribution in [1.29, 1.82) is 0 Å². The van der Waals surface area contributed by atoms with E-state index in [1.165, 1.54) is 22.0 Å². The van der Waals surface area contributed by atoms with Crippen LogP contribution < -0.4 is 32.4 Å². The van der Waals surface area contributed by atoms with Crippen LogP contribution in [0.15, 0.2) is 23.1 Å². The Hall–Kier alpha value is -2.92. The van der Waals surface area contributed by atoms with Crippen LogP contribution in [0.3, 0.4) is 0 Å². The summed E-state index contributed by atoms with van der Waals surface area (Å²) in [4.78, 5) is 38.6. The Bertz CT molecular complexity index is 1210. The lowest BCUT2D eigenvalue weighted by Crippen LogP contribution is -2.46. The number of hydrogen-bond donors (Lipinski definition) is 5. The molecule has 2 aromatic heterocycles. The number of aryl methyl sites for hydroxylation is 2. The van der Waals surface area contributed by atoms with Crippen molar-refractivity contribution in [3.63, 3.8) is 0 Å². The summed E-state index contributed by atoms with van der Waals surface area (Å²) in [5.74, 6) is 0.565. The third-order valence-corrected chi connectivity index (χ3v) is 8.11. The molecule has 5 N–H and O–H groups in total. The van der Waals surface area contributed by atoms with E-state index in [4.69, 9.17) is 12.2 Å².